The highest BCUT2D eigenvalue weighted by atomic mass is 16.5. The lowest BCUT2D eigenvalue weighted by Crippen LogP contribution is -2.04. The van der Waals surface area contributed by atoms with Crippen LogP contribution < -0.4 is 4.74 Å². The summed E-state index contributed by atoms with van der Waals surface area (Å²) in [4.78, 5) is 7.42. The summed E-state index contributed by atoms with van der Waals surface area (Å²) in [6.45, 7) is 2.82. The number of ether oxygens (including phenoxy) is 1. The molecule has 0 amide bonds. The van der Waals surface area contributed by atoms with Gasteiger partial charge in [0.05, 0.1) is 18.6 Å². The van der Waals surface area contributed by atoms with Crippen LogP contribution in [0.1, 0.15) is 41.8 Å². The summed E-state index contributed by atoms with van der Waals surface area (Å²) in [7, 11) is 0. The summed E-state index contributed by atoms with van der Waals surface area (Å²) in [6, 6.07) is 6.58. The van der Waals surface area contributed by atoms with E-state index in [0.29, 0.717) is 0 Å². The van der Waals surface area contributed by atoms with Gasteiger partial charge >= 0.3 is 0 Å². The number of hydrogen-bond acceptors (Lipinski definition) is 2. The molecule has 0 spiro atoms. The van der Waals surface area contributed by atoms with Gasteiger partial charge in [0, 0.05) is 5.69 Å². The molecule has 3 rings (SSSR count). The molecule has 0 radical (unpaired) electrons. The topological polar surface area (TPSA) is 37.9 Å². The normalized spacial score (nSPS) is 14.1. The monoisotopic (exact) mass is 270 g/mol. The minimum absolute atomic E-state index is 0.755. The first-order valence-corrected chi connectivity index (χ1v) is 7.56. The lowest BCUT2D eigenvalue weighted by atomic mass is 9.92. The fourth-order valence-electron chi connectivity index (χ4n) is 2.87. The average molecular weight is 270 g/mol. The summed E-state index contributed by atoms with van der Waals surface area (Å²) in [6.07, 6.45) is 8.82. The molecule has 3 heteroatoms. The van der Waals surface area contributed by atoms with Gasteiger partial charge < -0.3 is 9.72 Å². The first-order valence-electron chi connectivity index (χ1n) is 7.56. The number of nitrogens with zero attached hydrogens (tertiary/aromatic N) is 1. The molecule has 0 saturated heterocycles. The third-order valence-electron chi connectivity index (χ3n) is 4.08. The maximum Gasteiger partial charge on any atom is 0.119 e. The second kappa shape index (κ2) is 6.12. The fraction of sp³-hybridized carbons (Fsp3) is 0.471. The standard InChI is InChI=1S/C17H22N2O/c1-13-17(19-12-18-13)7-4-10-20-16-9-8-14-5-2-3-6-15(14)11-16/h8-9,11-12H,2-7,10H2,1H3,(H,18,19). The Morgan fingerprint density at radius 1 is 1.20 bits per heavy atom. The van der Waals surface area contributed by atoms with Crippen LogP contribution >= 0.6 is 0 Å². The molecule has 2 aromatic rings. The Balaban J connectivity index is 1.50. The van der Waals surface area contributed by atoms with Crippen molar-refractivity contribution in [3.8, 4) is 5.75 Å². The number of rotatable bonds is 5. The van der Waals surface area contributed by atoms with E-state index in [-0.39, 0.29) is 0 Å². The molecule has 0 saturated carbocycles. The molecule has 1 aromatic carbocycles. The van der Waals surface area contributed by atoms with E-state index in [1.165, 1.54) is 42.5 Å². The lowest BCUT2D eigenvalue weighted by molar-refractivity contribution is 0.310. The highest BCUT2D eigenvalue weighted by molar-refractivity contribution is 5.37. The van der Waals surface area contributed by atoms with Gasteiger partial charge in [0.2, 0.25) is 0 Å². The first-order chi connectivity index (χ1) is 9.83. The zero-order valence-corrected chi connectivity index (χ0v) is 12.1. The van der Waals surface area contributed by atoms with Crippen molar-refractivity contribution in [1.82, 2.24) is 9.97 Å². The molecule has 1 aliphatic carbocycles. The Labute approximate surface area is 120 Å². The van der Waals surface area contributed by atoms with E-state index in [1.807, 2.05) is 0 Å². The summed E-state index contributed by atoms with van der Waals surface area (Å²) < 4.78 is 5.87. The van der Waals surface area contributed by atoms with Crippen LogP contribution in [0.2, 0.25) is 0 Å². The molecule has 1 aromatic heterocycles. The minimum Gasteiger partial charge on any atom is -0.494 e. The van der Waals surface area contributed by atoms with Crippen molar-refractivity contribution in [3.05, 3.63) is 47.0 Å². The van der Waals surface area contributed by atoms with Crippen LogP contribution in [-0.2, 0) is 19.3 Å². The SMILES string of the molecule is Cc1[nH]cnc1CCCOc1ccc2c(c1)CCCC2. The lowest BCUT2D eigenvalue weighted by Gasteiger charge is -2.16. The summed E-state index contributed by atoms with van der Waals surface area (Å²) in [5, 5.41) is 0. The molecular weight excluding hydrogens is 248 g/mol. The van der Waals surface area contributed by atoms with Gasteiger partial charge in [0.1, 0.15) is 5.75 Å². The molecule has 106 valence electrons. The summed E-state index contributed by atoms with van der Waals surface area (Å²) in [5.41, 5.74) is 5.31. The second-order valence-electron chi connectivity index (χ2n) is 5.56. The third kappa shape index (κ3) is 3.03. The number of fused-ring (bicyclic) bond motifs is 1. The van der Waals surface area contributed by atoms with Gasteiger partial charge in [-0.05, 0) is 68.7 Å². The molecule has 0 fully saturated rings. The van der Waals surface area contributed by atoms with Crippen molar-refractivity contribution in [2.24, 2.45) is 0 Å². The van der Waals surface area contributed by atoms with E-state index in [0.717, 1.165) is 30.9 Å². The Morgan fingerprint density at radius 2 is 2.05 bits per heavy atom. The number of hydrogen-bond donors (Lipinski definition) is 1. The maximum atomic E-state index is 5.87. The Hall–Kier alpha value is -1.77. The molecule has 1 heterocycles. The molecule has 0 bridgehead atoms. The van der Waals surface area contributed by atoms with Gasteiger partial charge in [-0.1, -0.05) is 6.07 Å². The van der Waals surface area contributed by atoms with E-state index in [2.05, 4.69) is 35.1 Å². The van der Waals surface area contributed by atoms with Crippen molar-refractivity contribution in [2.75, 3.05) is 6.61 Å². The maximum absolute atomic E-state index is 5.87. The minimum atomic E-state index is 0.755. The second-order valence-corrected chi connectivity index (χ2v) is 5.56. The summed E-state index contributed by atoms with van der Waals surface area (Å²) in [5.74, 6) is 1.02. The van der Waals surface area contributed by atoms with Crippen LogP contribution in [0.4, 0.5) is 0 Å². The number of H-pyrrole nitrogens is 1. The van der Waals surface area contributed by atoms with Gasteiger partial charge in [0.15, 0.2) is 0 Å². The number of imidazole rings is 1. The Kier molecular flexibility index (Phi) is 4.05. The molecule has 1 N–H and O–H groups in total. The largest absolute Gasteiger partial charge is 0.494 e. The van der Waals surface area contributed by atoms with Crippen molar-refractivity contribution >= 4 is 0 Å². The van der Waals surface area contributed by atoms with E-state index in [9.17, 15) is 0 Å². The molecule has 0 aliphatic heterocycles. The number of aromatic amines is 1. The predicted octanol–water partition coefficient (Wildman–Crippen LogP) is 3.61. The number of aromatic nitrogens is 2. The molecule has 3 nitrogen and oxygen atoms in total. The Morgan fingerprint density at radius 3 is 2.85 bits per heavy atom. The highest BCUT2D eigenvalue weighted by Gasteiger charge is 2.09. The van der Waals surface area contributed by atoms with Gasteiger partial charge in [-0.3, -0.25) is 0 Å². The zero-order valence-electron chi connectivity index (χ0n) is 12.1. The van der Waals surface area contributed by atoms with Gasteiger partial charge in [-0.15, -0.1) is 0 Å². The number of nitrogens with one attached hydrogen (secondary N) is 1. The van der Waals surface area contributed by atoms with Crippen LogP contribution in [0.5, 0.6) is 5.75 Å². The third-order valence-corrected chi connectivity index (χ3v) is 4.08. The van der Waals surface area contributed by atoms with E-state index < -0.39 is 0 Å². The van der Waals surface area contributed by atoms with Crippen molar-refractivity contribution in [2.45, 2.75) is 45.4 Å². The van der Waals surface area contributed by atoms with Gasteiger partial charge in [-0.25, -0.2) is 4.98 Å². The average Bonchev–Trinajstić information content (AvgIpc) is 2.89. The van der Waals surface area contributed by atoms with Crippen LogP contribution in [-0.4, -0.2) is 16.6 Å². The summed E-state index contributed by atoms with van der Waals surface area (Å²) >= 11 is 0. The van der Waals surface area contributed by atoms with Crippen LogP contribution in [0.3, 0.4) is 0 Å². The predicted molar refractivity (Wildman–Crippen MR) is 80.2 cm³/mol. The smallest absolute Gasteiger partial charge is 0.119 e. The zero-order chi connectivity index (χ0) is 13.8. The van der Waals surface area contributed by atoms with Crippen molar-refractivity contribution in [3.63, 3.8) is 0 Å². The van der Waals surface area contributed by atoms with Crippen molar-refractivity contribution < 1.29 is 4.74 Å². The van der Waals surface area contributed by atoms with Crippen LogP contribution in [0, 0.1) is 6.92 Å². The Bertz CT molecular complexity index is 574. The molecule has 20 heavy (non-hydrogen) atoms. The fourth-order valence-corrected chi connectivity index (χ4v) is 2.87. The number of aryl methyl sites for hydroxylation is 4. The van der Waals surface area contributed by atoms with E-state index in [4.69, 9.17) is 4.74 Å². The van der Waals surface area contributed by atoms with E-state index >= 15 is 0 Å². The molecule has 1 aliphatic rings. The molecular formula is C17H22N2O. The van der Waals surface area contributed by atoms with E-state index in [1.54, 1.807) is 6.33 Å². The quantitative estimate of drug-likeness (QED) is 0.843. The van der Waals surface area contributed by atoms with Gasteiger partial charge in [0.25, 0.3) is 0 Å². The molecule has 0 unspecified atom stereocenters. The molecule has 0 atom stereocenters. The first kappa shape index (κ1) is 13.2. The van der Waals surface area contributed by atoms with Gasteiger partial charge in [-0.2, -0.15) is 0 Å². The highest BCUT2D eigenvalue weighted by Crippen LogP contribution is 2.25. The van der Waals surface area contributed by atoms with Crippen LogP contribution in [0.15, 0.2) is 24.5 Å². The van der Waals surface area contributed by atoms with Crippen LogP contribution in [0.25, 0.3) is 0 Å². The van der Waals surface area contributed by atoms with Crippen molar-refractivity contribution in [1.29, 1.82) is 0 Å². The number of benzene rings is 1.